The quantitative estimate of drug-likeness (QED) is 0.124. The Bertz CT molecular complexity index is 942. The smallest absolute Gasteiger partial charge is 0.337 e. The maximum atomic E-state index is 12.8. The van der Waals surface area contributed by atoms with Crippen molar-refractivity contribution in [2.45, 2.75) is 44.6 Å². The summed E-state index contributed by atoms with van der Waals surface area (Å²) in [5.74, 6) is -1.82. The Kier molecular flexibility index (Phi) is 8.08. The molecule has 2 heterocycles. The summed E-state index contributed by atoms with van der Waals surface area (Å²) in [6.07, 6.45) is 8.48. The minimum absolute atomic E-state index is 0.136. The second-order valence-electron chi connectivity index (χ2n) is 7.73. The van der Waals surface area contributed by atoms with Crippen molar-refractivity contribution in [3.8, 4) is 0 Å². The number of allylic oxidation sites excluding steroid dienone is 6. The summed E-state index contributed by atoms with van der Waals surface area (Å²) >= 11 is 0. The second kappa shape index (κ2) is 10.2. The molecule has 2 saturated heterocycles. The Labute approximate surface area is 186 Å². The average Bonchev–Trinajstić information content (AvgIpc) is 3.46. The van der Waals surface area contributed by atoms with E-state index in [4.69, 9.17) is 14.9 Å². The van der Waals surface area contributed by atoms with E-state index in [1.165, 1.54) is 19.3 Å². The summed E-state index contributed by atoms with van der Waals surface area (Å²) in [6, 6.07) is 0. The number of methoxy groups -OCH3 is 1. The number of nitrogens with one attached hydrogen (secondary N) is 1. The number of fused-ring (bicyclic) bond motifs is 1. The number of ketones is 1. The number of carbonyl (C=O) groups excluding carboxylic acids is 3. The van der Waals surface area contributed by atoms with Crippen LogP contribution in [-0.2, 0) is 23.9 Å². The zero-order valence-corrected chi connectivity index (χ0v) is 18.5. The van der Waals surface area contributed by atoms with E-state index in [1.54, 1.807) is 38.2 Å². The molecule has 174 valence electrons. The third kappa shape index (κ3) is 5.13. The van der Waals surface area contributed by atoms with Crippen LogP contribution in [0.3, 0.4) is 0 Å². The average molecular weight is 447 g/mol. The lowest BCUT2D eigenvalue weighted by Crippen LogP contribution is -2.48. The Hall–Kier alpha value is -2.85. The van der Waals surface area contributed by atoms with Crippen molar-refractivity contribution in [3.63, 3.8) is 0 Å². The summed E-state index contributed by atoms with van der Waals surface area (Å²) < 4.78 is 9.97. The van der Waals surface area contributed by atoms with Crippen LogP contribution in [0.2, 0.25) is 0 Å². The molecule has 0 aromatic rings. The minimum Gasteiger partial charge on any atom is -0.465 e. The summed E-state index contributed by atoms with van der Waals surface area (Å²) in [4.78, 5) is 36.7. The molecule has 2 fully saturated rings. The van der Waals surface area contributed by atoms with Crippen LogP contribution in [0.15, 0.2) is 58.7 Å². The molecule has 0 aromatic heterocycles. The van der Waals surface area contributed by atoms with Crippen LogP contribution in [-0.4, -0.2) is 70.7 Å². The first-order valence-electron chi connectivity index (χ1n) is 10.0. The van der Waals surface area contributed by atoms with Gasteiger partial charge in [-0.2, -0.15) is 0 Å². The highest BCUT2D eigenvalue weighted by Crippen LogP contribution is 2.50. The molecule has 0 spiro atoms. The number of hydrogen-bond acceptors (Lipinski definition) is 8. The van der Waals surface area contributed by atoms with E-state index in [1.807, 2.05) is 6.92 Å². The standard InChI is InChI=1S/C23H29NO8/c1-14(12-15(2)13-17(8-10-25)19(28)31-4)6-5-7-16(3)18(27)23-20(32-23)22(30,9-11-26)24-21(23)29/h5-8,12-13,20,25-26,30H,9-11H2,1-4H3,(H,24,29)/b6-5+,14-12+,15-13+,16-7+,17-8+/t20-,22?,23+/m1/s1. The Balaban J connectivity index is 2.09. The molecule has 32 heavy (non-hydrogen) atoms. The van der Waals surface area contributed by atoms with Gasteiger partial charge in [0.15, 0.2) is 11.8 Å². The second-order valence-corrected chi connectivity index (χ2v) is 7.73. The zero-order valence-electron chi connectivity index (χ0n) is 18.5. The number of amides is 1. The van der Waals surface area contributed by atoms with Gasteiger partial charge in [0.25, 0.3) is 5.91 Å². The molecule has 0 saturated carbocycles. The predicted molar refractivity (Wildman–Crippen MR) is 115 cm³/mol. The van der Waals surface area contributed by atoms with Crippen LogP contribution in [0.4, 0.5) is 0 Å². The first-order valence-corrected chi connectivity index (χ1v) is 10.0. The van der Waals surface area contributed by atoms with E-state index in [-0.39, 0.29) is 30.8 Å². The molecule has 0 aliphatic carbocycles. The number of Topliss-reactive ketones (excluding diaryl/α,β-unsaturated/α-hetero) is 1. The monoisotopic (exact) mass is 447 g/mol. The fourth-order valence-electron chi connectivity index (χ4n) is 3.58. The number of morpholine rings is 1. The molecule has 9 heteroatoms. The van der Waals surface area contributed by atoms with Crippen LogP contribution in [0.5, 0.6) is 0 Å². The Morgan fingerprint density at radius 3 is 2.44 bits per heavy atom. The van der Waals surface area contributed by atoms with Gasteiger partial charge in [0.05, 0.1) is 19.3 Å². The van der Waals surface area contributed by atoms with E-state index in [0.29, 0.717) is 0 Å². The first kappa shape index (κ1) is 25.4. The van der Waals surface area contributed by atoms with E-state index in [0.717, 1.165) is 11.1 Å². The number of epoxide rings is 1. The Morgan fingerprint density at radius 2 is 1.88 bits per heavy atom. The molecule has 4 N–H and O–H groups in total. The highest BCUT2D eigenvalue weighted by Gasteiger charge is 2.80. The van der Waals surface area contributed by atoms with Gasteiger partial charge in [0, 0.05) is 13.0 Å². The maximum absolute atomic E-state index is 12.8. The van der Waals surface area contributed by atoms with Crippen LogP contribution in [0, 0.1) is 0 Å². The number of carbonyl (C=O) groups is 3. The molecule has 0 aromatic carbocycles. The van der Waals surface area contributed by atoms with Crippen molar-refractivity contribution in [2.75, 3.05) is 20.3 Å². The third-order valence-corrected chi connectivity index (χ3v) is 5.18. The van der Waals surface area contributed by atoms with Crippen molar-refractivity contribution in [1.82, 2.24) is 5.32 Å². The number of aliphatic hydroxyl groups excluding tert-OH is 2. The highest BCUT2D eigenvalue weighted by molar-refractivity contribution is 6.21. The molecule has 2 rings (SSSR count). The number of rotatable bonds is 10. The van der Waals surface area contributed by atoms with Gasteiger partial charge in [0.1, 0.15) is 0 Å². The summed E-state index contributed by atoms with van der Waals surface area (Å²) in [5, 5.41) is 30.8. The van der Waals surface area contributed by atoms with Crippen molar-refractivity contribution >= 4 is 17.7 Å². The molecule has 1 unspecified atom stereocenters. The van der Waals surface area contributed by atoms with Crippen LogP contribution in [0.1, 0.15) is 27.2 Å². The fraction of sp³-hybridized carbons (Fsp3) is 0.435. The normalized spacial score (nSPS) is 28.6. The topological polar surface area (TPSA) is 146 Å². The van der Waals surface area contributed by atoms with E-state index >= 15 is 0 Å². The van der Waals surface area contributed by atoms with E-state index in [9.17, 15) is 19.5 Å². The number of ether oxygens (including phenoxy) is 2. The Morgan fingerprint density at radius 1 is 1.19 bits per heavy atom. The van der Waals surface area contributed by atoms with Gasteiger partial charge in [-0.15, -0.1) is 0 Å². The molecule has 9 nitrogen and oxygen atoms in total. The van der Waals surface area contributed by atoms with Gasteiger partial charge < -0.3 is 30.1 Å². The van der Waals surface area contributed by atoms with Gasteiger partial charge in [-0.05, 0) is 38.5 Å². The molecule has 2 aliphatic rings. The maximum Gasteiger partial charge on any atom is 0.337 e. The third-order valence-electron chi connectivity index (χ3n) is 5.18. The molecule has 1 amide bonds. The molecule has 2 aliphatic heterocycles. The fourth-order valence-corrected chi connectivity index (χ4v) is 3.58. The predicted octanol–water partition coefficient (Wildman–Crippen LogP) is 0.381. The minimum atomic E-state index is -1.76. The van der Waals surface area contributed by atoms with Crippen molar-refractivity contribution in [1.29, 1.82) is 0 Å². The van der Waals surface area contributed by atoms with Crippen molar-refractivity contribution in [3.05, 3.63) is 58.7 Å². The van der Waals surface area contributed by atoms with E-state index < -0.39 is 35.1 Å². The number of aliphatic hydroxyl groups is 3. The number of hydrogen-bond donors (Lipinski definition) is 4. The lowest BCUT2D eigenvalue weighted by Gasteiger charge is -2.22. The van der Waals surface area contributed by atoms with Crippen LogP contribution >= 0.6 is 0 Å². The molecular weight excluding hydrogens is 418 g/mol. The SMILES string of the molecule is COC(=O)C(/C=C(C)/C=C(C)/C=C/C=C(\C)C(=O)[C@]12O[C@@H]1C(O)(CCO)NC2=O)=C/CO. The molecule has 0 radical (unpaired) electrons. The van der Waals surface area contributed by atoms with Crippen LogP contribution in [0.25, 0.3) is 0 Å². The van der Waals surface area contributed by atoms with Crippen molar-refractivity contribution < 1.29 is 39.2 Å². The van der Waals surface area contributed by atoms with E-state index in [2.05, 4.69) is 10.1 Å². The molecule has 0 bridgehead atoms. The van der Waals surface area contributed by atoms with Crippen molar-refractivity contribution in [2.24, 2.45) is 0 Å². The molecular formula is C23H29NO8. The highest BCUT2D eigenvalue weighted by atomic mass is 16.6. The van der Waals surface area contributed by atoms with Gasteiger partial charge in [-0.3, -0.25) is 9.59 Å². The molecule has 3 atom stereocenters. The largest absolute Gasteiger partial charge is 0.465 e. The zero-order chi connectivity index (χ0) is 24.1. The van der Waals surface area contributed by atoms with Gasteiger partial charge >= 0.3 is 5.97 Å². The van der Waals surface area contributed by atoms with Gasteiger partial charge in [0.2, 0.25) is 11.4 Å². The van der Waals surface area contributed by atoms with Gasteiger partial charge in [-0.25, -0.2) is 4.79 Å². The summed E-state index contributed by atoms with van der Waals surface area (Å²) in [5.41, 5.74) is -1.44. The summed E-state index contributed by atoms with van der Waals surface area (Å²) in [6.45, 7) is 4.49. The lowest BCUT2D eigenvalue weighted by atomic mass is 9.92. The van der Waals surface area contributed by atoms with Crippen LogP contribution < -0.4 is 5.32 Å². The van der Waals surface area contributed by atoms with Gasteiger partial charge in [-0.1, -0.05) is 35.5 Å². The summed E-state index contributed by atoms with van der Waals surface area (Å²) in [7, 11) is 1.26. The lowest BCUT2D eigenvalue weighted by molar-refractivity contribution is -0.138. The number of esters is 1. The first-order chi connectivity index (χ1) is 15.0.